The average molecular weight is 520 g/mol. The highest BCUT2D eigenvalue weighted by Crippen LogP contribution is 2.32. The first-order chi connectivity index (χ1) is 19.1. The van der Waals surface area contributed by atoms with Crippen LogP contribution in [0.5, 0.6) is 11.5 Å². The topological polar surface area (TPSA) is 78.9 Å². The van der Waals surface area contributed by atoms with Gasteiger partial charge in [-0.25, -0.2) is 9.37 Å². The predicted molar refractivity (Wildman–Crippen MR) is 148 cm³/mol. The van der Waals surface area contributed by atoms with Gasteiger partial charge in [0.25, 0.3) is 5.56 Å². The molecular formula is C31H22FN3O4. The van der Waals surface area contributed by atoms with Gasteiger partial charge >= 0.3 is 0 Å². The summed E-state index contributed by atoms with van der Waals surface area (Å²) in [5.41, 5.74) is 2.36. The molecule has 0 radical (unpaired) electrons. The van der Waals surface area contributed by atoms with Gasteiger partial charge in [-0.1, -0.05) is 42.5 Å². The maximum Gasteiger partial charge on any atom is 0.282 e. The second-order valence-corrected chi connectivity index (χ2v) is 8.78. The largest absolute Gasteiger partial charge is 0.496 e. The standard InChI is InChI=1S/C31H22FN3O4/c1-37-27-10-5-11-28-25(27)17-29(39-28)30-34-26-9-3-2-8-24(26)31(36)35(30)33-18-21-6-4-7-23(16-21)38-19-20-12-14-22(32)15-13-20/h2-18H,19H2,1H3. The third kappa shape index (κ3) is 4.87. The van der Waals surface area contributed by atoms with Crippen LogP contribution in [0.3, 0.4) is 0 Å². The van der Waals surface area contributed by atoms with Gasteiger partial charge in [0.15, 0.2) is 5.76 Å². The van der Waals surface area contributed by atoms with Crippen molar-refractivity contribution in [1.29, 1.82) is 0 Å². The molecule has 0 unspecified atom stereocenters. The molecule has 0 bridgehead atoms. The minimum absolute atomic E-state index is 0.261. The quantitative estimate of drug-likeness (QED) is 0.228. The van der Waals surface area contributed by atoms with Crippen LogP contribution in [0.4, 0.5) is 4.39 Å². The second kappa shape index (κ2) is 10.3. The number of hydrogen-bond acceptors (Lipinski definition) is 6. The molecule has 0 spiro atoms. The number of hydrogen-bond donors (Lipinski definition) is 0. The molecule has 0 aliphatic heterocycles. The normalized spacial score (nSPS) is 11.4. The Morgan fingerprint density at radius 2 is 1.77 bits per heavy atom. The van der Waals surface area contributed by atoms with Crippen LogP contribution in [-0.2, 0) is 6.61 Å². The minimum Gasteiger partial charge on any atom is -0.496 e. The van der Waals surface area contributed by atoms with Crippen molar-refractivity contribution in [3.05, 3.63) is 124 Å². The van der Waals surface area contributed by atoms with E-state index in [0.717, 1.165) is 10.9 Å². The Hall–Kier alpha value is -5.24. The van der Waals surface area contributed by atoms with E-state index in [2.05, 4.69) is 5.10 Å². The summed E-state index contributed by atoms with van der Waals surface area (Å²) in [5, 5.41) is 5.71. The molecule has 7 nitrogen and oxygen atoms in total. The highest BCUT2D eigenvalue weighted by atomic mass is 19.1. The zero-order valence-electron chi connectivity index (χ0n) is 20.9. The molecule has 2 heterocycles. The van der Waals surface area contributed by atoms with Crippen LogP contribution in [0.1, 0.15) is 11.1 Å². The summed E-state index contributed by atoms with van der Waals surface area (Å²) in [6.45, 7) is 0.286. The van der Waals surface area contributed by atoms with Gasteiger partial charge in [-0.05, 0) is 65.7 Å². The van der Waals surface area contributed by atoms with Gasteiger partial charge in [0.05, 0.1) is 29.6 Å². The van der Waals surface area contributed by atoms with Crippen LogP contribution in [0.15, 0.2) is 111 Å². The van der Waals surface area contributed by atoms with Gasteiger partial charge in [0.2, 0.25) is 5.82 Å². The van der Waals surface area contributed by atoms with Crippen molar-refractivity contribution < 1.29 is 18.3 Å². The fourth-order valence-corrected chi connectivity index (χ4v) is 4.27. The van der Waals surface area contributed by atoms with E-state index in [4.69, 9.17) is 18.9 Å². The number of fused-ring (bicyclic) bond motifs is 2. The van der Waals surface area contributed by atoms with E-state index in [0.29, 0.717) is 39.3 Å². The van der Waals surface area contributed by atoms with E-state index in [-0.39, 0.29) is 23.8 Å². The van der Waals surface area contributed by atoms with Gasteiger partial charge in [-0.3, -0.25) is 4.79 Å². The van der Waals surface area contributed by atoms with Crippen LogP contribution in [-0.4, -0.2) is 23.0 Å². The summed E-state index contributed by atoms with van der Waals surface area (Å²) in [6.07, 6.45) is 1.56. The van der Waals surface area contributed by atoms with Crippen LogP contribution in [0, 0.1) is 5.82 Å². The molecule has 0 N–H and O–H groups in total. The lowest BCUT2D eigenvalue weighted by Gasteiger charge is -2.08. The van der Waals surface area contributed by atoms with Crippen LogP contribution >= 0.6 is 0 Å². The van der Waals surface area contributed by atoms with Gasteiger partial charge < -0.3 is 13.9 Å². The molecule has 4 aromatic carbocycles. The van der Waals surface area contributed by atoms with Crippen molar-refractivity contribution in [2.75, 3.05) is 7.11 Å². The summed E-state index contributed by atoms with van der Waals surface area (Å²) in [6, 6.07) is 27.8. The first-order valence-corrected chi connectivity index (χ1v) is 12.2. The highest BCUT2D eigenvalue weighted by molar-refractivity contribution is 5.88. The van der Waals surface area contributed by atoms with Crippen molar-refractivity contribution in [2.24, 2.45) is 5.10 Å². The molecule has 6 rings (SSSR count). The number of aromatic nitrogens is 2. The maximum atomic E-state index is 13.5. The first kappa shape index (κ1) is 24.1. The van der Waals surface area contributed by atoms with Crippen molar-refractivity contribution in [1.82, 2.24) is 9.66 Å². The lowest BCUT2D eigenvalue weighted by atomic mass is 10.2. The highest BCUT2D eigenvalue weighted by Gasteiger charge is 2.17. The number of halogens is 1. The van der Waals surface area contributed by atoms with Gasteiger partial charge in [-0.2, -0.15) is 9.78 Å². The van der Waals surface area contributed by atoms with Gasteiger partial charge in [-0.15, -0.1) is 0 Å². The summed E-state index contributed by atoms with van der Waals surface area (Å²) in [4.78, 5) is 18.2. The SMILES string of the molecule is COc1cccc2oc(-c3nc4ccccc4c(=O)n3N=Cc3cccc(OCc4ccc(F)cc4)c3)cc12. The van der Waals surface area contributed by atoms with Crippen molar-refractivity contribution in [3.8, 4) is 23.1 Å². The Labute approximate surface area is 222 Å². The van der Waals surface area contributed by atoms with E-state index in [9.17, 15) is 9.18 Å². The number of ether oxygens (including phenoxy) is 2. The number of rotatable bonds is 7. The Morgan fingerprint density at radius 1 is 0.949 bits per heavy atom. The molecule has 0 aliphatic carbocycles. The van der Waals surface area contributed by atoms with Crippen LogP contribution < -0.4 is 15.0 Å². The minimum atomic E-state index is -0.331. The average Bonchev–Trinajstić information content (AvgIpc) is 3.41. The molecule has 192 valence electrons. The summed E-state index contributed by atoms with van der Waals surface area (Å²) < 4.78 is 31.8. The van der Waals surface area contributed by atoms with Crippen LogP contribution in [0.25, 0.3) is 33.5 Å². The van der Waals surface area contributed by atoms with E-state index < -0.39 is 0 Å². The fraction of sp³-hybridized carbons (Fsp3) is 0.0645. The van der Waals surface area contributed by atoms with E-state index >= 15 is 0 Å². The zero-order chi connectivity index (χ0) is 26.8. The second-order valence-electron chi connectivity index (χ2n) is 8.78. The molecule has 39 heavy (non-hydrogen) atoms. The Balaban J connectivity index is 1.38. The Bertz CT molecular complexity index is 1890. The first-order valence-electron chi connectivity index (χ1n) is 12.2. The maximum absolute atomic E-state index is 13.5. The monoisotopic (exact) mass is 519 g/mol. The smallest absolute Gasteiger partial charge is 0.282 e. The lowest BCUT2D eigenvalue weighted by Crippen LogP contribution is -2.20. The van der Waals surface area contributed by atoms with E-state index in [1.807, 2.05) is 42.5 Å². The molecule has 0 saturated heterocycles. The Morgan fingerprint density at radius 3 is 2.62 bits per heavy atom. The molecule has 0 amide bonds. The van der Waals surface area contributed by atoms with Crippen molar-refractivity contribution >= 4 is 28.1 Å². The number of furan rings is 1. The zero-order valence-corrected chi connectivity index (χ0v) is 20.9. The molecule has 0 saturated carbocycles. The molecule has 6 aromatic rings. The van der Waals surface area contributed by atoms with E-state index in [1.165, 1.54) is 16.8 Å². The molecule has 8 heteroatoms. The summed E-state index contributed by atoms with van der Waals surface area (Å²) in [5.74, 6) is 1.61. The molecule has 2 aromatic heterocycles. The number of para-hydroxylation sites is 1. The third-order valence-corrected chi connectivity index (χ3v) is 6.21. The molecule has 0 fully saturated rings. The third-order valence-electron chi connectivity index (χ3n) is 6.21. The van der Waals surface area contributed by atoms with Crippen LogP contribution in [0.2, 0.25) is 0 Å². The molecule has 0 atom stereocenters. The van der Waals surface area contributed by atoms with Crippen molar-refractivity contribution in [2.45, 2.75) is 6.61 Å². The lowest BCUT2D eigenvalue weighted by molar-refractivity contribution is 0.306. The van der Waals surface area contributed by atoms with E-state index in [1.54, 1.807) is 55.8 Å². The predicted octanol–water partition coefficient (Wildman–Crippen LogP) is 6.42. The molecular weight excluding hydrogens is 497 g/mol. The molecule has 0 aliphatic rings. The van der Waals surface area contributed by atoms with Gasteiger partial charge in [0, 0.05) is 0 Å². The van der Waals surface area contributed by atoms with Crippen molar-refractivity contribution in [3.63, 3.8) is 0 Å². The summed E-state index contributed by atoms with van der Waals surface area (Å²) >= 11 is 0. The fourth-order valence-electron chi connectivity index (χ4n) is 4.27. The number of methoxy groups -OCH3 is 1. The van der Waals surface area contributed by atoms with Gasteiger partial charge in [0.1, 0.15) is 29.5 Å². The summed E-state index contributed by atoms with van der Waals surface area (Å²) in [7, 11) is 1.59. The number of benzene rings is 4. The Kier molecular flexibility index (Phi) is 6.34. The number of nitrogens with zero attached hydrogens (tertiary/aromatic N) is 3.